The fraction of sp³-hybridized carbons (Fsp3) is 0.438. The van der Waals surface area contributed by atoms with E-state index in [0.717, 1.165) is 12.1 Å². The third kappa shape index (κ3) is 2.54. The first-order chi connectivity index (χ1) is 8.93. The minimum absolute atomic E-state index is 0.706. The molecule has 1 aromatic heterocycles. The molecule has 94 valence electrons. The van der Waals surface area contributed by atoms with Crippen LogP contribution >= 0.6 is 0 Å². The first kappa shape index (κ1) is 11.7. The summed E-state index contributed by atoms with van der Waals surface area (Å²) in [4.78, 5) is 4.50. The molecule has 1 heterocycles. The molecule has 0 aliphatic heterocycles. The van der Waals surface area contributed by atoms with Gasteiger partial charge in [0.1, 0.15) is 0 Å². The maximum absolute atomic E-state index is 4.50. The van der Waals surface area contributed by atoms with Crippen molar-refractivity contribution in [1.82, 2.24) is 10.3 Å². The molecule has 0 bridgehead atoms. The Hall–Kier alpha value is -1.41. The summed E-state index contributed by atoms with van der Waals surface area (Å²) in [6, 6.07) is 11.3. The van der Waals surface area contributed by atoms with Gasteiger partial charge in [-0.3, -0.25) is 4.98 Å². The fourth-order valence-corrected chi connectivity index (χ4v) is 2.87. The van der Waals surface area contributed by atoms with Crippen molar-refractivity contribution in [2.24, 2.45) is 0 Å². The summed E-state index contributed by atoms with van der Waals surface area (Å²) in [6.07, 6.45) is 8.72. The van der Waals surface area contributed by atoms with Gasteiger partial charge < -0.3 is 5.32 Å². The summed E-state index contributed by atoms with van der Waals surface area (Å²) in [5.41, 5.74) is 2.46. The van der Waals surface area contributed by atoms with Crippen molar-refractivity contribution < 1.29 is 0 Å². The van der Waals surface area contributed by atoms with Crippen molar-refractivity contribution in [3.8, 4) is 0 Å². The molecular weight excluding hydrogens is 220 g/mol. The second-order valence-corrected chi connectivity index (χ2v) is 5.21. The smallest absolute Gasteiger partial charge is 0.0746 e. The molecule has 0 amide bonds. The Kier molecular flexibility index (Phi) is 3.56. The number of fused-ring (bicyclic) bond motifs is 1. The molecule has 18 heavy (non-hydrogen) atoms. The molecular formula is C16H20N2. The van der Waals surface area contributed by atoms with Crippen molar-refractivity contribution in [1.29, 1.82) is 0 Å². The maximum atomic E-state index is 4.50. The summed E-state index contributed by atoms with van der Waals surface area (Å²) < 4.78 is 0. The molecule has 2 aromatic rings. The van der Waals surface area contributed by atoms with Crippen molar-refractivity contribution >= 4 is 10.9 Å². The molecule has 1 saturated carbocycles. The summed E-state index contributed by atoms with van der Waals surface area (Å²) in [6.45, 7) is 0.943. The average Bonchev–Trinajstić information content (AvgIpc) is 2.46. The van der Waals surface area contributed by atoms with E-state index in [1.54, 1.807) is 0 Å². The molecule has 1 aliphatic rings. The van der Waals surface area contributed by atoms with Gasteiger partial charge in [0, 0.05) is 24.2 Å². The predicted octanol–water partition coefficient (Wildman–Crippen LogP) is 3.66. The van der Waals surface area contributed by atoms with Crippen LogP contribution in [0.15, 0.2) is 36.5 Å². The van der Waals surface area contributed by atoms with E-state index in [1.165, 1.54) is 43.1 Å². The molecule has 1 N–H and O–H groups in total. The Balaban J connectivity index is 1.74. The van der Waals surface area contributed by atoms with E-state index in [4.69, 9.17) is 0 Å². The van der Waals surface area contributed by atoms with Gasteiger partial charge in [-0.2, -0.15) is 0 Å². The average molecular weight is 240 g/mol. The van der Waals surface area contributed by atoms with Gasteiger partial charge in [-0.25, -0.2) is 0 Å². The van der Waals surface area contributed by atoms with Crippen molar-refractivity contribution in [2.75, 3.05) is 0 Å². The Labute approximate surface area is 108 Å². The fourth-order valence-electron chi connectivity index (χ4n) is 2.87. The first-order valence-corrected chi connectivity index (χ1v) is 6.99. The number of nitrogens with one attached hydrogen (secondary N) is 1. The second-order valence-electron chi connectivity index (χ2n) is 5.21. The number of hydrogen-bond donors (Lipinski definition) is 1. The molecule has 0 atom stereocenters. The van der Waals surface area contributed by atoms with Gasteiger partial charge in [0.15, 0.2) is 0 Å². The van der Waals surface area contributed by atoms with E-state index >= 15 is 0 Å². The first-order valence-electron chi connectivity index (χ1n) is 6.99. The number of aromatic nitrogens is 1. The molecule has 0 saturated heterocycles. The summed E-state index contributed by atoms with van der Waals surface area (Å²) in [5.74, 6) is 0. The van der Waals surface area contributed by atoms with Crippen LogP contribution in [0.1, 0.15) is 37.7 Å². The summed E-state index contributed by atoms with van der Waals surface area (Å²) in [5, 5.41) is 4.93. The Morgan fingerprint density at radius 2 is 1.89 bits per heavy atom. The van der Waals surface area contributed by atoms with Crippen molar-refractivity contribution in [3.63, 3.8) is 0 Å². The summed E-state index contributed by atoms with van der Waals surface area (Å²) >= 11 is 0. The highest BCUT2D eigenvalue weighted by atomic mass is 14.9. The lowest BCUT2D eigenvalue weighted by Crippen LogP contribution is -2.30. The molecule has 0 unspecified atom stereocenters. The minimum atomic E-state index is 0.706. The molecule has 1 aliphatic carbocycles. The molecule has 0 spiro atoms. The Morgan fingerprint density at radius 1 is 1.06 bits per heavy atom. The zero-order valence-corrected chi connectivity index (χ0v) is 10.7. The highest BCUT2D eigenvalue weighted by Crippen LogP contribution is 2.19. The van der Waals surface area contributed by atoms with E-state index in [9.17, 15) is 0 Å². The zero-order chi connectivity index (χ0) is 12.2. The number of benzene rings is 1. The van der Waals surface area contributed by atoms with Crippen LogP contribution in [0, 0.1) is 0 Å². The lowest BCUT2D eigenvalue weighted by Gasteiger charge is -2.23. The molecule has 1 fully saturated rings. The van der Waals surface area contributed by atoms with E-state index in [0.29, 0.717) is 6.04 Å². The lowest BCUT2D eigenvalue weighted by molar-refractivity contribution is 0.372. The van der Waals surface area contributed by atoms with E-state index in [1.807, 2.05) is 12.3 Å². The van der Waals surface area contributed by atoms with E-state index in [-0.39, 0.29) is 0 Å². The number of rotatable bonds is 3. The molecule has 1 aromatic carbocycles. The van der Waals surface area contributed by atoms with Crippen LogP contribution in [0.5, 0.6) is 0 Å². The highest BCUT2D eigenvalue weighted by Gasteiger charge is 2.12. The van der Waals surface area contributed by atoms with Gasteiger partial charge >= 0.3 is 0 Å². The van der Waals surface area contributed by atoms with Gasteiger partial charge in [-0.15, -0.1) is 0 Å². The van der Waals surface area contributed by atoms with Crippen molar-refractivity contribution in [3.05, 3.63) is 42.1 Å². The van der Waals surface area contributed by atoms with Gasteiger partial charge in [0.2, 0.25) is 0 Å². The number of para-hydroxylation sites is 1. The predicted molar refractivity (Wildman–Crippen MR) is 75.5 cm³/mol. The van der Waals surface area contributed by atoms with E-state index < -0.39 is 0 Å². The topological polar surface area (TPSA) is 24.9 Å². The van der Waals surface area contributed by atoms with E-state index in [2.05, 4.69) is 34.6 Å². The van der Waals surface area contributed by atoms with Crippen LogP contribution in [0.3, 0.4) is 0 Å². The van der Waals surface area contributed by atoms with Gasteiger partial charge in [0.25, 0.3) is 0 Å². The normalized spacial score (nSPS) is 17.1. The van der Waals surface area contributed by atoms with Crippen LogP contribution in [-0.4, -0.2) is 11.0 Å². The maximum Gasteiger partial charge on any atom is 0.0746 e. The number of nitrogens with zero attached hydrogens (tertiary/aromatic N) is 1. The summed E-state index contributed by atoms with van der Waals surface area (Å²) in [7, 11) is 0. The number of hydrogen-bond acceptors (Lipinski definition) is 2. The van der Waals surface area contributed by atoms with Crippen LogP contribution in [0.25, 0.3) is 10.9 Å². The molecule has 2 nitrogen and oxygen atoms in total. The molecule has 3 rings (SSSR count). The quantitative estimate of drug-likeness (QED) is 0.885. The van der Waals surface area contributed by atoms with Crippen LogP contribution in [-0.2, 0) is 6.54 Å². The highest BCUT2D eigenvalue weighted by molar-refractivity contribution is 5.81. The van der Waals surface area contributed by atoms with Crippen LogP contribution in [0.4, 0.5) is 0 Å². The molecule has 0 radical (unpaired) electrons. The third-order valence-electron chi connectivity index (χ3n) is 3.90. The number of pyridine rings is 1. The largest absolute Gasteiger partial charge is 0.310 e. The van der Waals surface area contributed by atoms with Gasteiger partial charge in [0.05, 0.1) is 5.52 Å². The monoisotopic (exact) mass is 240 g/mol. The SMILES string of the molecule is c1cnc2c(CNC3CCCCC3)cccc2c1. The van der Waals surface area contributed by atoms with Crippen molar-refractivity contribution in [2.45, 2.75) is 44.7 Å². The Morgan fingerprint density at radius 3 is 2.78 bits per heavy atom. The van der Waals surface area contributed by atoms with Crippen LogP contribution in [0.2, 0.25) is 0 Å². The third-order valence-corrected chi connectivity index (χ3v) is 3.90. The Bertz CT molecular complexity index is 510. The molecule has 2 heteroatoms. The standard InChI is InChI=1S/C16H20N2/c1-2-9-15(10-3-1)18-12-14-7-4-6-13-8-5-11-17-16(13)14/h4-8,11,15,18H,1-3,9-10,12H2. The van der Waals surface area contributed by atoms with Gasteiger partial charge in [-0.1, -0.05) is 43.5 Å². The second kappa shape index (κ2) is 5.49. The minimum Gasteiger partial charge on any atom is -0.310 e. The van der Waals surface area contributed by atoms with Crippen LogP contribution < -0.4 is 5.32 Å². The van der Waals surface area contributed by atoms with Gasteiger partial charge in [-0.05, 0) is 24.5 Å². The lowest BCUT2D eigenvalue weighted by atomic mass is 9.95. The zero-order valence-electron chi connectivity index (χ0n) is 10.7.